The molecule has 0 aliphatic carbocycles. The monoisotopic (exact) mass is 323 g/mol. The summed E-state index contributed by atoms with van der Waals surface area (Å²) < 4.78 is 19.9. The number of hydrogen-bond donors (Lipinski definition) is 1. The summed E-state index contributed by atoms with van der Waals surface area (Å²) >= 11 is 3.48. The van der Waals surface area contributed by atoms with Crippen molar-refractivity contribution in [3.05, 3.63) is 63.4 Å². The molecule has 0 radical (unpaired) electrons. The first kappa shape index (κ1) is 14.0. The second-order valence-corrected chi connectivity index (χ2v) is 5.18. The molecule has 0 bridgehead atoms. The summed E-state index contributed by atoms with van der Waals surface area (Å²) in [5.41, 5.74) is 8.23. The molecule has 0 heterocycles. The Hall–Kier alpha value is -1.39. The van der Waals surface area contributed by atoms with Crippen molar-refractivity contribution in [2.45, 2.75) is 20.1 Å². The van der Waals surface area contributed by atoms with Gasteiger partial charge < -0.3 is 10.5 Å². The Morgan fingerprint density at radius 1 is 1.21 bits per heavy atom. The summed E-state index contributed by atoms with van der Waals surface area (Å²) in [6, 6.07) is 10.7. The van der Waals surface area contributed by atoms with Gasteiger partial charge in [-0.05, 0) is 30.2 Å². The van der Waals surface area contributed by atoms with Crippen LogP contribution in [0.25, 0.3) is 0 Å². The minimum atomic E-state index is -0.255. The van der Waals surface area contributed by atoms with Crippen LogP contribution in [0.4, 0.5) is 4.39 Å². The highest BCUT2D eigenvalue weighted by Gasteiger charge is 2.04. The van der Waals surface area contributed by atoms with Gasteiger partial charge >= 0.3 is 0 Å². The molecule has 19 heavy (non-hydrogen) atoms. The van der Waals surface area contributed by atoms with E-state index in [9.17, 15) is 4.39 Å². The summed E-state index contributed by atoms with van der Waals surface area (Å²) in [7, 11) is 0. The number of hydrogen-bond acceptors (Lipinski definition) is 2. The fraction of sp³-hybridized carbons (Fsp3) is 0.200. The molecule has 0 amide bonds. The predicted octanol–water partition coefficient (Wildman–Crippen LogP) is 3.93. The van der Waals surface area contributed by atoms with Crippen LogP contribution in [0, 0.1) is 12.7 Å². The van der Waals surface area contributed by atoms with Crippen LogP contribution in [-0.4, -0.2) is 0 Å². The Morgan fingerprint density at radius 2 is 2.00 bits per heavy atom. The Morgan fingerprint density at radius 3 is 2.63 bits per heavy atom. The van der Waals surface area contributed by atoms with E-state index in [1.165, 1.54) is 6.07 Å². The van der Waals surface area contributed by atoms with Gasteiger partial charge in [-0.3, -0.25) is 0 Å². The molecule has 0 fully saturated rings. The highest BCUT2D eigenvalue weighted by Crippen LogP contribution is 2.22. The van der Waals surface area contributed by atoms with Crippen LogP contribution in [0.3, 0.4) is 0 Å². The molecule has 0 aliphatic rings. The average Bonchev–Trinajstić information content (AvgIpc) is 2.41. The lowest BCUT2D eigenvalue weighted by Crippen LogP contribution is -2.00. The molecular weight excluding hydrogens is 309 g/mol. The van der Waals surface area contributed by atoms with Crippen molar-refractivity contribution in [2.24, 2.45) is 5.73 Å². The van der Waals surface area contributed by atoms with E-state index in [0.29, 0.717) is 24.5 Å². The van der Waals surface area contributed by atoms with E-state index >= 15 is 0 Å². The number of benzene rings is 2. The molecule has 2 aromatic rings. The molecular formula is C15H15BrFNO. The standard InChI is InChI=1S/C15H15BrFNO/c1-10-2-5-13(7-15(10)17)19-9-12-4-3-11(8-18)6-14(12)16/h2-7H,8-9,18H2,1H3. The van der Waals surface area contributed by atoms with Gasteiger partial charge in [0.25, 0.3) is 0 Å². The van der Waals surface area contributed by atoms with Crippen molar-refractivity contribution in [2.75, 3.05) is 0 Å². The van der Waals surface area contributed by atoms with Crippen molar-refractivity contribution < 1.29 is 9.13 Å². The molecule has 2 aromatic carbocycles. The minimum Gasteiger partial charge on any atom is -0.489 e. The fourth-order valence-corrected chi connectivity index (χ4v) is 2.20. The zero-order valence-corrected chi connectivity index (χ0v) is 12.2. The van der Waals surface area contributed by atoms with Gasteiger partial charge in [-0.1, -0.05) is 34.1 Å². The molecule has 2 nitrogen and oxygen atoms in total. The van der Waals surface area contributed by atoms with Crippen molar-refractivity contribution in [1.82, 2.24) is 0 Å². The zero-order chi connectivity index (χ0) is 13.8. The number of halogens is 2. The fourth-order valence-electron chi connectivity index (χ4n) is 1.66. The van der Waals surface area contributed by atoms with Gasteiger partial charge in [-0.15, -0.1) is 0 Å². The third kappa shape index (κ3) is 3.55. The number of rotatable bonds is 4. The molecule has 0 saturated carbocycles. The van der Waals surface area contributed by atoms with Gasteiger partial charge in [0.2, 0.25) is 0 Å². The topological polar surface area (TPSA) is 35.2 Å². The predicted molar refractivity (Wildman–Crippen MR) is 77.5 cm³/mol. The van der Waals surface area contributed by atoms with Crippen LogP contribution in [0.5, 0.6) is 5.75 Å². The quantitative estimate of drug-likeness (QED) is 0.925. The van der Waals surface area contributed by atoms with Crippen molar-refractivity contribution in [3.63, 3.8) is 0 Å². The van der Waals surface area contributed by atoms with Crippen LogP contribution in [-0.2, 0) is 13.2 Å². The van der Waals surface area contributed by atoms with Crippen LogP contribution in [0.15, 0.2) is 40.9 Å². The van der Waals surface area contributed by atoms with E-state index in [-0.39, 0.29) is 5.82 Å². The van der Waals surface area contributed by atoms with Gasteiger partial charge in [0.05, 0.1) is 0 Å². The van der Waals surface area contributed by atoms with Crippen LogP contribution < -0.4 is 10.5 Å². The molecule has 0 aromatic heterocycles. The summed E-state index contributed by atoms with van der Waals surface area (Å²) in [6.45, 7) is 2.61. The first-order chi connectivity index (χ1) is 9.10. The molecule has 0 unspecified atom stereocenters. The molecule has 0 atom stereocenters. The van der Waals surface area contributed by atoms with E-state index in [0.717, 1.165) is 15.6 Å². The lowest BCUT2D eigenvalue weighted by Gasteiger charge is -2.09. The summed E-state index contributed by atoms with van der Waals surface area (Å²) in [5, 5.41) is 0. The second-order valence-electron chi connectivity index (χ2n) is 4.33. The summed E-state index contributed by atoms with van der Waals surface area (Å²) in [5.74, 6) is 0.271. The van der Waals surface area contributed by atoms with Crippen LogP contribution in [0.2, 0.25) is 0 Å². The maximum atomic E-state index is 13.4. The molecule has 4 heteroatoms. The van der Waals surface area contributed by atoms with Gasteiger partial charge in [0.1, 0.15) is 18.2 Å². The van der Waals surface area contributed by atoms with Gasteiger partial charge in [0.15, 0.2) is 0 Å². The summed E-state index contributed by atoms with van der Waals surface area (Å²) in [6.07, 6.45) is 0. The third-order valence-electron chi connectivity index (χ3n) is 2.89. The van der Waals surface area contributed by atoms with Gasteiger partial charge in [0, 0.05) is 22.6 Å². The Bertz CT molecular complexity index is 586. The van der Waals surface area contributed by atoms with Gasteiger partial charge in [-0.2, -0.15) is 0 Å². The van der Waals surface area contributed by atoms with E-state index in [1.54, 1.807) is 19.1 Å². The average molecular weight is 324 g/mol. The third-order valence-corrected chi connectivity index (χ3v) is 3.63. The highest BCUT2D eigenvalue weighted by atomic mass is 79.9. The van der Waals surface area contributed by atoms with E-state index in [2.05, 4.69) is 15.9 Å². The summed E-state index contributed by atoms with van der Waals surface area (Å²) in [4.78, 5) is 0. The number of aryl methyl sites for hydroxylation is 1. The number of nitrogens with two attached hydrogens (primary N) is 1. The molecule has 2 N–H and O–H groups in total. The Labute approximate surface area is 120 Å². The second kappa shape index (κ2) is 6.17. The van der Waals surface area contributed by atoms with Crippen molar-refractivity contribution in [1.29, 1.82) is 0 Å². The molecule has 2 rings (SSSR count). The first-order valence-corrected chi connectivity index (χ1v) is 6.76. The molecule has 0 saturated heterocycles. The number of ether oxygens (including phenoxy) is 1. The van der Waals surface area contributed by atoms with Crippen molar-refractivity contribution in [3.8, 4) is 5.75 Å². The minimum absolute atomic E-state index is 0.255. The smallest absolute Gasteiger partial charge is 0.129 e. The largest absolute Gasteiger partial charge is 0.489 e. The van der Waals surface area contributed by atoms with E-state index in [1.807, 2.05) is 18.2 Å². The Kier molecular flexibility index (Phi) is 4.56. The molecule has 0 spiro atoms. The maximum Gasteiger partial charge on any atom is 0.129 e. The highest BCUT2D eigenvalue weighted by molar-refractivity contribution is 9.10. The lowest BCUT2D eigenvalue weighted by atomic mass is 10.1. The molecule has 0 aliphatic heterocycles. The maximum absolute atomic E-state index is 13.4. The normalized spacial score (nSPS) is 10.5. The zero-order valence-electron chi connectivity index (χ0n) is 10.6. The lowest BCUT2D eigenvalue weighted by molar-refractivity contribution is 0.303. The Balaban J connectivity index is 2.07. The first-order valence-electron chi connectivity index (χ1n) is 5.96. The van der Waals surface area contributed by atoms with Crippen molar-refractivity contribution >= 4 is 15.9 Å². The van der Waals surface area contributed by atoms with Crippen LogP contribution in [0.1, 0.15) is 16.7 Å². The molecule has 100 valence electrons. The van der Waals surface area contributed by atoms with E-state index < -0.39 is 0 Å². The van der Waals surface area contributed by atoms with E-state index in [4.69, 9.17) is 10.5 Å². The van der Waals surface area contributed by atoms with Crippen LogP contribution >= 0.6 is 15.9 Å². The van der Waals surface area contributed by atoms with Gasteiger partial charge in [-0.25, -0.2) is 4.39 Å². The SMILES string of the molecule is Cc1ccc(OCc2ccc(CN)cc2Br)cc1F.